The number of hydrogen-bond acceptors (Lipinski definition) is 26. The number of nitrogens with zero attached hydrogens (tertiary/aromatic N) is 7. The minimum Gasteiger partial charge on any atom is -0.748 e. The van der Waals surface area contributed by atoms with E-state index >= 15 is 0 Å². The zero-order valence-corrected chi connectivity index (χ0v) is 42.6. The van der Waals surface area contributed by atoms with Gasteiger partial charge in [0.2, 0.25) is 17.8 Å². The quantitative estimate of drug-likeness (QED) is 0.0102. The average molecular weight is 921 g/mol. The third kappa shape index (κ3) is 19.9. The Morgan fingerprint density at radius 2 is 1.31 bits per heavy atom. The first-order valence-electron chi connectivity index (χ1n) is 14.3. The molecule has 0 spiro atoms. The van der Waals surface area contributed by atoms with E-state index in [4.69, 9.17) is 9.47 Å². The van der Waals surface area contributed by atoms with Crippen LogP contribution in [0.3, 0.4) is 0 Å². The van der Waals surface area contributed by atoms with Crippen molar-refractivity contribution in [2.75, 3.05) is 48.2 Å². The maximum Gasteiger partial charge on any atom is 1.00 e. The van der Waals surface area contributed by atoms with E-state index in [1.54, 1.807) is 6.07 Å². The third-order valence-corrected chi connectivity index (χ3v) is 8.74. The van der Waals surface area contributed by atoms with Gasteiger partial charge in [0.15, 0.2) is 0 Å². The first-order chi connectivity index (χ1) is 25.8. The summed E-state index contributed by atoms with van der Waals surface area (Å²) < 4.78 is 88.5. The largest absolute Gasteiger partial charge is 1.00 e. The summed E-state index contributed by atoms with van der Waals surface area (Å²) in [6.45, 7) is -0.286. The van der Waals surface area contributed by atoms with Gasteiger partial charge in [0.1, 0.15) is 10.1 Å². The molecule has 0 amide bonds. The van der Waals surface area contributed by atoms with Gasteiger partial charge in [-0.15, -0.1) is 0 Å². The number of aliphatic imine (C=N–C) groups is 1. The molecule has 0 unspecified atom stereocenters. The van der Waals surface area contributed by atoms with Crippen LogP contribution in [0.5, 0.6) is 12.0 Å². The zero-order valence-electron chi connectivity index (χ0n) is 31.3. The van der Waals surface area contributed by atoms with E-state index in [2.05, 4.69) is 69.6 Å². The van der Waals surface area contributed by atoms with E-state index in [0.29, 0.717) is 35.3 Å². The Bertz CT molecular complexity index is 2200. The van der Waals surface area contributed by atoms with E-state index in [1.165, 1.54) is 56.9 Å². The fraction of sp³-hybridized carbons (Fsp3) is 0.192. The third-order valence-electron chi connectivity index (χ3n) is 6.05. The van der Waals surface area contributed by atoms with Crippen LogP contribution in [0.4, 0.5) is 35.2 Å². The van der Waals surface area contributed by atoms with Crippen LogP contribution in [-0.2, 0) is 39.0 Å². The number of hydrogen-bond donors (Lipinski definition) is 3. The molecule has 2 heterocycles. The monoisotopic (exact) mass is 920 g/mol. The van der Waals surface area contributed by atoms with E-state index in [1.807, 2.05) is 0 Å². The second-order valence-electron chi connectivity index (χ2n) is 9.60. The Morgan fingerprint density at radius 1 is 0.741 bits per heavy atom. The topological polar surface area (TPSA) is 342 Å². The normalized spacial score (nSPS) is 11.1. The molecule has 0 saturated carbocycles. The van der Waals surface area contributed by atoms with Crippen molar-refractivity contribution >= 4 is 97.9 Å². The number of aromatic nitrogens is 6. The summed E-state index contributed by atoms with van der Waals surface area (Å²) in [5.74, 6) is -1.03. The molecule has 0 aliphatic rings. The van der Waals surface area contributed by atoms with Crippen molar-refractivity contribution in [3.05, 3.63) is 47.5 Å². The van der Waals surface area contributed by atoms with Crippen LogP contribution in [0.15, 0.2) is 51.2 Å². The summed E-state index contributed by atoms with van der Waals surface area (Å²) in [7, 11) is -6.98. The maximum absolute atomic E-state index is 12.3. The zero-order chi connectivity index (χ0) is 39.1. The molecule has 0 radical (unpaired) electrons. The summed E-state index contributed by atoms with van der Waals surface area (Å²) in [4.78, 5) is 27.8. The maximum atomic E-state index is 12.3. The fourth-order valence-electron chi connectivity index (χ4n) is 3.89. The van der Waals surface area contributed by atoms with Gasteiger partial charge in [-0.1, -0.05) is 24.3 Å². The molecule has 0 bridgehead atoms. The van der Waals surface area contributed by atoms with Crippen LogP contribution in [0.25, 0.3) is 12.2 Å². The second-order valence-corrected chi connectivity index (χ2v) is 13.9. The van der Waals surface area contributed by atoms with Crippen LogP contribution < -0.4 is 154 Å². The molecular formula is C26H24N10Na4O14S4. The summed E-state index contributed by atoms with van der Waals surface area (Å²) in [5.41, 5.74) is 0.772. The van der Waals surface area contributed by atoms with E-state index < -0.39 is 30.9 Å². The van der Waals surface area contributed by atoms with E-state index in [9.17, 15) is 36.5 Å². The van der Waals surface area contributed by atoms with Crippen LogP contribution in [-0.4, -0.2) is 94.3 Å². The van der Waals surface area contributed by atoms with Gasteiger partial charge >= 0.3 is 130 Å². The van der Waals surface area contributed by atoms with Gasteiger partial charge in [-0.25, -0.2) is 21.8 Å². The predicted molar refractivity (Wildman–Crippen MR) is 183 cm³/mol. The molecule has 0 atom stereocenters. The summed E-state index contributed by atoms with van der Waals surface area (Å²) >= 11 is 1.15. The minimum atomic E-state index is -5.05. The summed E-state index contributed by atoms with van der Waals surface area (Å²) in [6.07, 6.45) is 4.07. The first kappa shape index (κ1) is 57.1. The minimum absolute atomic E-state index is 0. The molecule has 2 aromatic carbocycles. The van der Waals surface area contributed by atoms with Crippen LogP contribution in [0, 0.1) is 0 Å². The van der Waals surface area contributed by atoms with Crippen LogP contribution >= 0.6 is 24.1 Å². The molecule has 4 rings (SSSR count). The van der Waals surface area contributed by atoms with Crippen molar-refractivity contribution in [2.24, 2.45) is 4.99 Å². The van der Waals surface area contributed by atoms with Crippen molar-refractivity contribution in [3.8, 4) is 12.0 Å². The average Bonchev–Trinajstić information content (AvgIpc) is 3.12. The molecule has 4 aromatic rings. The summed E-state index contributed by atoms with van der Waals surface area (Å²) in [5, 5.41) is 35.5. The molecule has 2 aromatic heterocycles. The van der Waals surface area contributed by atoms with Crippen molar-refractivity contribution < 1.29 is 183 Å². The molecule has 3 N–H and O–H groups in total. The van der Waals surface area contributed by atoms with Crippen molar-refractivity contribution in [1.29, 1.82) is 0 Å². The fourth-order valence-corrected chi connectivity index (χ4v) is 5.68. The Labute approximate surface area is 427 Å². The molecule has 32 heteroatoms. The first-order valence-corrected chi connectivity index (χ1v) is 18.9. The van der Waals surface area contributed by atoms with Gasteiger partial charge in [-0.05, 0) is 35.4 Å². The Morgan fingerprint density at radius 3 is 1.91 bits per heavy atom. The molecule has 0 saturated heterocycles. The molecule has 290 valence electrons. The van der Waals surface area contributed by atoms with Crippen LogP contribution in [0.1, 0.15) is 11.1 Å². The van der Waals surface area contributed by atoms with Crippen molar-refractivity contribution in [3.63, 3.8) is 0 Å². The van der Waals surface area contributed by atoms with Gasteiger partial charge < -0.3 is 45.0 Å². The van der Waals surface area contributed by atoms with Gasteiger partial charge in [0, 0.05) is 41.1 Å². The molecule has 0 aliphatic carbocycles. The molecular weight excluding hydrogens is 897 g/mol. The van der Waals surface area contributed by atoms with Gasteiger partial charge in [-0.2, -0.15) is 38.6 Å². The standard InChI is InChI=1S/C26H28N10O14S4.4Na/c1-45-25-33-21(27-9-11-51-49-47-37)31-24(36-25)30-18-8-6-16(20(14-18)54(42,43)44)4-3-15-5-7-17(13-19(15)52-50-48-38)29-23-32-22(34-26(35-23)46-2)28-10-12-53(39,40)41;;;;/h3-9,13-14,37-38H,10-12H2,1-2H3,(H,39,40,41)(H,42,43,44)(H,30,31,33,36)(H2,28,29,32,34,35);;;;/q;4*+1/p-4/b4-3?,27-9-;;;;. The smallest absolute Gasteiger partial charge is 0.748 e. The number of methoxy groups -OCH3 is 2. The second kappa shape index (κ2) is 28.7. The Balaban J connectivity index is 0.00000812. The van der Waals surface area contributed by atoms with Crippen LogP contribution in [0.2, 0.25) is 0 Å². The van der Waals surface area contributed by atoms with Crippen molar-refractivity contribution in [2.45, 2.75) is 9.79 Å². The molecule has 58 heavy (non-hydrogen) atoms. The van der Waals surface area contributed by atoms with Crippen molar-refractivity contribution in [1.82, 2.24) is 29.9 Å². The predicted octanol–water partition coefficient (Wildman–Crippen LogP) is -11.6. The Kier molecular flexibility index (Phi) is 28.3. The number of nitrogens with one attached hydrogen (secondary N) is 3. The SMILES string of the molecule is COc1nc(/N=C\CSOO[O-])nc(Nc2ccc(C=Cc3ccc(Nc4nc(NCCS(=O)(=O)[O-])nc(OC)n4)cc3SOO[O-])c(S(=O)(=O)[O-])c2)n1.[Na+].[Na+].[Na+].[Na+]. The van der Waals surface area contributed by atoms with E-state index in [-0.39, 0.29) is 182 Å². The van der Waals surface area contributed by atoms with Gasteiger partial charge in [0.05, 0.1) is 52.8 Å². The Hall–Kier alpha value is -0.850. The molecule has 0 fully saturated rings. The van der Waals surface area contributed by atoms with Gasteiger partial charge in [0.25, 0.3) is 5.95 Å². The number of benzene rings is 2. The number of anilines is 5. The number of rotatable bonds is 21. The number of ether oxygens (including phenoxy) is 2. The van der Waals surface area contributed by atoms with E-state index in [0.717, 1.165) is 6.07 Å². The summed E-state index contributed by atoms with van der Waals surface area (Å²) in [6, 6.07) is 8.08. The molecule has 24 nitrogen and oxygen atoms in total. The molecule has 0 aliphatic heterocycles. The van der Waals surface area contributed by atoms with Gasteiger partial charge in [-0.3, -0.25) is 10.1 Å².